The van der Waals surface area contributed by atoms with Crippen LogP contribution in [-0.4, -0.2) is 31.3 Å². The maximum absolute atomic E-state index is 14.2. The minimum Gasteiger partial charge on any atom is -0.372 e. The van der Waals surface area contributed by atoms with Crippen LogP contribution in [0.2, 0.25) is 0 Å². The third-order valence-electron chi connectivity index (χ3n) is 3.35. The highest BCUT2D eigenvalue weighted by Crippen LogP contribution is 2.28. The summed E-state index contributed by atoms with van der Waals surface area (Å²) in [6.45, 7) is 7.43. The summed E-state index contributed by atoms with van der Waals surface area (Å²) in [4.78, 5) is 2.09. The maximum Gasteiger partial charge on any atom is 0.146 e. The van der Waals surface area contributed by atoms with Crippen LogP contribution in [0, 0.1) is 5.82 Å². The molecular weight excluding hydrogens is 243 g/mol. The lowest BCUT2D eigenvalue weighted by Gasteiger charge is -2.38. The minimum atomic E-state index is -0.167. The first-order valence-corrected chi connectivity index (χ1v) is 6.90. The molecule has 106 valence electrons. The molecule has 1 saturated heterocycles. The Labute approximate surface area is 114 Å². The lowest BCUT2D eigenvalue weighted by atomic mass is 10.0. The van der Waals surface area contributed by atoms with Crippen LogP contribution >= 0.6 is 0 Å². The highest BCUT2D eigenvalue weighted by molar-refractivity contribution is 5.55. The van der Waals surface area contributed by atoms with Crippen LogP contribution in [0.15, 0.2) is 18.2 Å². The van der Waals surface area contributed by atoms with Gasteiger partial charge in [0.05, 0.1) is 17.9 Å². The molecule has 0 saturated carbocycles. The zero-order chi connectivity index (χ0) is 14.0. The molecule has 1 aliphatic rings. The Bertz CT molecular complexity index is 426. The summed E-state index contributed by atoms with van der Waals surface area (Å²) in [6, 6.07) is 5.26. The number of halogens is 1. The predicted octanol–water partition coefficient (Wildman–Crippen LogP) is 2.33. The molecule has 0 spiro atoms. The van der Waals surface area contributed by atoms with Gasteiger partial charge in [-0.3, -0.25) is 0 Å². The summed E-state index contributed by atoms with van der Waals surface area (Å²) in [6.07, 6.45) is 0.922. The molecule has 0 aromatic heterocycles. The smallest absolute Gasteiger partial charge is 0.146 e. The molecule has 2 N–H and O–H groups in total. The van der Waals surface area contributed by atoms with Gasteiger partial charge in [-0.25, -0.2) is 4.39 Å². The number of hydrogen-bond acceptors (Lipinski definition) is 3. The molecule has 1 aliphatic heterocycles. The highest BCUT2D eigenvalue weighted by atomic mass is 19.1. The van der Waals surface area contributed by atoms with Gasteiger partial charge < -0.3 is 15.4 Å². The molecule has 1 unspecified atom stereocenters. The van der Waals surface area contributed by atoms with Crippen molar-refractivity contribution in [3.63, 3.8) is 0 Å². The molecule has 2 rings (SSSR count). The van der Waals surface area contributed by atoms with Crippen LogP contribution in [0.3, 0.4) is 0 Å². The minimum absolute atomic E-state index is 0.0245. The zero-order valence-electron chi connectivity index (χ0n) is 11.9. The first-order chi connectivity index (χ1) is 8.97. The van der Waals surface area contributed by atoms with Crippen molar-refractivity contribution in [3.05, 3.63) is 29.6 Å². The number of anilines is 1. The number of para-hydroxylation sites is 1. The normalized spacial score (nSPS) is 25.4. The molecule has 4 heteroatoms. The van der Waals surface area contributed by atoms with Gasteiger partial charge in [0.15, 0.2) is 0 Å². The van der Waals surface area contributed by atoms with E-state index < -0.39 is 0 Å². The molecule has 0 bridgehead atoms. The Balaban J connectivity index is 2.31. The quantitative estimate of drug-likeness (QED) is 0.912. The third kappa shape index (κ3) is 3.45. The van der Waals surface area contributed by atoms with Gasteiger partial charge in [-0.05, 0) is 38.8 Å². The Hall–Kier alpha value is -1.13. The Morgan fingerprint density at radius 2 is 2.00 bits per heavy atom. The average molecular weight is 266 g/mol. The molecule has 3 atom stereocenters. The molecule has 0 aliphatic carbocycles. The molecular formula is C15H23FN2O. The van der Waals surface area contributed by atoms with E-state index in [0.29, 0.717) is 12.1 Å². The number of nitrogens with two attached hydrogens (primary N) is 1. The van der Waals surface area contributed by atoms with Crippen molar-refractivity contribution in [2.75, 3.05) is 18.0 Å². The summed E-state index contributed by atoms with van der Waals surface area (Å²) in [7, 11) is 0. The van der Waals surface area contributed by atoms with Crippen molar-refractivity contribution >= 4 is 5.69 Å². The van der Waals surface area contributed by atoms with Crippen LogP contribution in [-0.2, 0) is 11.2 Å². The maximum atomic E-state index is 14.2. The molecule has 1 heterocycles. The third-order valence-corrected chi connectivity index (χ3v) is 3.35. The molecule has 0 radical (unpaired) electrons. The topological polar surface area (TPSA) is 38.5 Å². The molecule has 0 amide bonds. The Morgan fingerprint density at radius 1 is 1.37 bits per heavy atom. The van der Waals surface area contributed by atoms with Gasteiger partial charge in [0.25, 0.3) is 0 Å². The second-order valence-corrected chi connectivity index (χ2v) is 5.59. The number of benzene rings is 1. The van der Waals surface area contributed by atoms with E-state index in [-0.39, 0.29) is 24.1 Å². The largest absolute Gasteiger partial charge is 0.372 e. The van der Waals surface area contributed by atoms with Crippen LogP contribution in [0.4, 0.5) is 10.1 Å². The second-order valence-electron chi connectivity index (χ2n) is 5.59. The lowest BCUT2D eigenvalue weighted by Crippen LogP contribution is -2.46. The number of nitrogens with zero attached hydrogens (tertiary/aromatic N) is 1. The van der Waals surface area contributed by atoms with E-state index in [2.05, 4.69) is 4.90 Å². The summed E-state index contributed by atoms with van der Waals surface area (Å²) in [5, 5.41) is 0. The number of hydrogen-bond donors (Lipinski definition) is 1. The van der Waals surface area contributed by atoms with Crippen molar-refractivity contribution in [2.45, 2.75) is 45.4 Å². The van der Waals surface area contributed by atoms with Gasteiger partial charge in [-0.2, -0.15) is 0 Å². The molecule has 3 nitrogen and oxygen atoms in total. The van der Waals surface area contributed by atoms with Gasteiger partial charge in [0.1, 0.15) is 5.82 Å². The zero-order valence-corrected chi connectivity index (χ0v) is 11.9. The van der Waals surface area contributed by atoms with E-state index >= 15 is 0 Å². The Kier molecular flexibility index (Phi) is 4.42. The standard InChI is InChI=1S/C15H23FN2O/c1-10(17)7-13-5-4-6-14(16)15(13)18-8-11(2)19-12(3)9-18/h4-6,10-12H,7-9,17H2,1-3H3/t10?,11-,12+. The number of morpholine rings is 1. The van der Waals surface area contributed by atoms with Crippen molar-refractivity contribution < 1.29 is 9.13 Å². The first-order valence-electron chi connectivity index (χ1n) is 6.90. The van der Waals surface area contributed by atoms with Gasteiger partial charge in [-0.15, -0.1) is 0 Å². The number of ether oxygens (including phenoxy) is 1. The van der Waals surface area contributed by atoms with E-state index in [0.717, 1.165) is 18.7 Å². The first kappa shape index (κ1) is 14.3. The summed E-state index contributed by atoms with van der Waals surface area (Å²) in [5.74, 6) is -0.167. The fourth-order valence-corrected chi connectivity index (χ4v) is 2.79. The van der Waals surface area contributed by atoms with Crippen LogP contribution in [0.25, 0.3) is 0 Å². The summed E-state index contributed by atoms with van der Waals surface area (Å²) < 4.78 is 19.9. The van der Waals surface area contributed by atoms with Crippen LogP contribution < -0.4 is 10.6 Å². The van der Waals surface area contributed by atoms with Gasteiger partial charge in [0.2, 0.25) is 0 Å². The highest BCUT2D eigenvalue weighted by Gasteiger charge is 2.26. The number of rotatable bonds is 3. The van der Waals surface area contributed by atoms with E-state index in [1.165, 1.54) is 6.07 Å². The van der Waals surface area contributed by atoms with Crippen molar-refractivity contribution in [2.24, 2.45) is 5.73 Å². The fourth-order valence-electron chi connectivity index (χ4n) is 2.79. The SMILES string of the molecule is CC(N)Cc1cccc(F)c1N1C[C@@H](C)O[C@@H](C)C1. The van der Waals surface area contributed by atoms with Gasteiger partial charge >= 0.3 is 0 Å². The lowest BCUT2D eigenvalue weighted by molar-refractivity contribution is -0.00543. The van der Waals surface area contributed by atoms with Crippen molar-refractivity contribution in [1.29, 1.82) is 0 Å². The monoisotopic (exact) mass is 266 g/mol. The second kappa shape index (κ2) is 5.88. The average Bonchev–Trinajstić information content (AvgIpc) is 2.26. The molecule has 19 heavy (non-hydrogen) atoms. The van der Waals surface area contributed by atoms with E-state index in [4.69, 9.17) is 10.5 Å². The Morgan fingerprint density at radius 3 is 2.58 bits per heavy atom. The molecule has 1 aromatic rings. The summed E-state index contributed by atoms with van der Waals surface area (Å²) >= 11 is 0. The van der Waals surface area contributed by atoms with E-state index in [1.807, 2.05) is 26.8 Å². The van der Waals surface area contributed by atoms with E-state index in [9.17, 15) is 4.39 Å². The van der Waals surface area contributed by atoms with Gasteiger partial charge in [0, 0.05) is 19.1 Å². The van der Waals surface area contributed by atoms with Gasteiger partial charge in [-0.1, -0.05) is 12.1 Å². The van der Waals surface area contributed by atoms with Crippen molar-refractivity contribution in [3.8, 4) is 0 Å². The fraction of sp³-hybridized carbons (Fsp3) is 0.600. The van der Waals surface area contributed by atoms with Crippen molar-refractivity contribution in [1.82, 2.24) is 0 Å². The van der Waals surface area contributed by atoms with Crippen LogP contribution in [0.1, 0.15) is 26.3 Å². The van der Waals surface area contributed by atoms with E-state index in [1.54, 1.807) is 6.07 Å². The van der Waals surface area contributed by atoms with Crippen LogP contribution in [0.5, 0.6) is 0 Å². The molecule has 1 aromatic carbocycles. The summed E-state index contributed by atoms with van der Waals surface area (Å²) in [5.41, 5.74) is 7.54. The predicted molar refractivity (Wildman–Crippen MR) is 76.0 cm³/mol. The molecule has 1 fully saturated rings.